The zero-order valence-corrected chi connectivity index (χ0v) is 19.0. The van der Waals surface area contributed by atoms with Crippen LogP contribution in [-0.4, -0.2) is 53.5 Å². The van der Waals surface area contributed by atoms with Crippen LogP contribution in [0.25, 0.3) is 22.7 Å². The van der Waals surface area contributed by atoms with Gasteiger partial charge in [0, 0.05) is 19.2 Å². The van der Waals surface area contributed by atoms with E-state index in [2.05, 4.69) is 15.3 Å². The molecule has 0 amide bonds. The second-order valence-electron chi connectivity index (χ2n) is 7.33. The molecule has 3 aromatic rings. The van der Waals surface area contributed by atoms with Crippen LogP contribution in [0, 0.1) is 0 Å². The number of nitrogens with zero attached hydrogens (tertiary/aromatic N) is 2. The molecule has 33 heavy (non-hydrogen) atoms. The fraction of sp³-hybridized carbons (Fsp3) is 0.400. The fourth-order valence-corrected chi connectivity index (χ4v) is 5.08. The molecule has 1 fully saturated rings. The Balaban J connectivity index is 1.73. The maximum Gasteiger partial charge on any atom is 0.578 e. The minimum Gasteiger partial charge on any atom is -0.604 e. The zero-order valence-electron chi connectivity index (χ0n) is 17.4. The molecule has 2 aromatic heterocycles. The fourth-order valence-electron chi connectivity index (χ4n) is 3.39. The first kappa shape index (κ1) is 23.8. The number of pyridine rings is 1. The second kappa shape index (κ2) is 9.12. The molecular weight excluding hydrogens is 483 g/mol. The van der Waals surface area contributed by atoms with Gasteiger partial charge in [0.15, 0.2) is 20.3 Å². The smallest absolute Gasteiger partial charge is 0.578 e. The topological polar surface area (TPSA) is 117 Å². The normalized spacial score (nSPS) is 18.0. The quantitative estimate of drug-likeness (QED) is 0.483. The number of hydrogen-bond donors (Lipinski definition) is 1. The number of benzene rings is 1. The summed E-state index contributed by atoms with van der Waals surface area (Å²) in [5, 5.41) is 3.10. The van der Waals surface area contributed by atoms with Crippen LogP contribution in [0.2, 0.25) is 0 Å². The first-order valence-electron chi connectivity index (χ1n) is 10.1. The summed E-state index contributed by atoms with van der Waals surface area (Å²) in [6.45, 7) is 2.64. The van der Waals surface area contributed by atoms with Crippen LogP contribution in [0.15, 0.2) is 44.5 Å². The Morgan fingerprint density at radius 2 is 2.03 bits per heavy atom. The molecule has 8 nitrogen and oxygen atoms in total. The van der Waals surface area contributed by atoms with Gasteiger partial charge < -0.3 is 19.0 Å². The van der Waals surface area contributed by atoms with E-state index in [0.29, 0.717) is 19.0 Å². The van der Waals surface area contributed by atoms with Crippen LogP contribution in [0.5, 0.6) is 0 Å². The number of hydrogen-bond acceptors (Lipinski definition) is 8. The summed E-state index contributed by atoms with van der Waals surface area (Å²) in [6.07, 6.45) is 1.88. The summed E-state index contributed by atoms with van der Waals surface area (Å²) in [6, 6.07) is 6.14. The molecule has 1 saturated heterocycles. The number of sulfone groups is 1. The van der Waals surface area contributed by atoms with E-state index in [1.54, 1.807) is 0 Å². The van der Waals surface area contributed by atoms with E-state index in [9.17, 15) is 26.1 Å². The maximum absolute atomic E-state index is 12.8. The second-order valence-corrected chi connectivity index (χ2v) is 11.0. The Hall–Kier alpha value is -2.35. The van der Waals surface area contributed by atoms with Crippen molar-refractivity contribution >= 4 is 37.9 Å². The van der Waals surface area contributed by atoms with Crippen molar-refractivity contribution in [2.75, 3.05) is 24.2 Å². The zero-order chi connectivity index (χ0) is 23.8. The lowest BCUT2D eigenvalue weighted by molar-refractivity contribution is -0.0435. The summed E-state index contributed by atoms with van der Waals surface area (Å²) in [5.41, 5.74) is -4.89. The Morgan fingerprint density at radius 3 is 2.70 bits per heavy atom. The number of aromatic nitrogens is 2. The Bertz CT molecular complexity index is 1260. The number of alkyl halides is 3. The Kier molecular flexibility index (Phi) is 6.58. The number of oxazole rings is 1. The Labute approximate surface area is 190 Å². The first-order valence-corrected chi connectivity index (χ1v) is 12.9. The van der Waals surface area contributed by atoms with E-state index < -0.39 is 31.4 Å². The molecule has 1 N–H and O–H groups in total. The van der Waals surface area contributed by atoms with Gasteiger partial charge in [0.2, 0.25) is 5.89 Å². The maximum atomic E-state index is 12.8. The van der Waals surface area contributed by atoms with Crippen molar-refractivity contribution in [3.8, 4) is 11.6 Å². The highest BCUT2D eigenvalue weighted by molar-refractivity contribution is 7.92. The van der Waals surface area contributed by atoms with Gasteiger partial charge in [-0.1, -0.05) is 6.92 Å². The summed E-state index contributed by atoms with van der Waals surface area (Å²) in [5.74, 6) is 0.00340. The van der Waals surface area contributed by atoms with Crippen molar-refractivity contribution in [3.63, 3.8) is 0 Å². The van der Waals surface area contributed by atoms with Gasteiger partial charge in [0.05, 0.1) is 27.9 Å². The Morgan fingerprint density at radius 1 is 1.24 bits per heavy atom. The van der Waals surface area contributed by atoms with Gasteiger partial charge in [-0.25, -0.2) is 18.4 Å². The molecule has 1 aromatic carbocycles. The van der Waals surface area contributed by atoms with Gasteiger partial charge in [0.1, 0.15) is 17.0 Å². The van der Waals surface area contributed by atoms with Crippen LogP contribution >= 0.6 is 0 Å². The highest BCUT2D eigenvalue weighted by Crippen LogP contribution is 2.34. The number of fused-ring (bicyclic) bond motifs is 1. The third-order valence-electron chi connectivity index (χ3n) is 5.09. The molecule has 2 atom stereocenters. The van der Waals surface area contributed by atoms with Gasteiger partial charge in [0.25, 0.3) is 0 Å². The lowest BCUT2D eigenvalue weighted by Crippen LogP contribution is -2.23. The lowest BCUT2D eigenvalue weighted by atomic mass is 10.2. The van der Waals surface area contributed by atoms with Crippen LogP contribution in [0.4, 0.5) is 19.0 Å². The van der Waals surface area contributed by atoms with E-state index in [0.717, 1.165) is 25.0 Å². The van der Waals surface area contributed by atoms with Crippen LogP contribution in [0.1, 0.15) is 19.8 Å². The molecular formula is C20H20F3N3O5S2. The average molecular weight is 504 g/mol. The van der Waals surface area contributed by atoms with Gasteiger partial charge in [-0.05, 0) is 37.1 Å². The van der Waals surface area contributed by atoms with Gasteiger partial charge >= 0.3 is 5.51 Å². The lowest BCUT2D eigenvalue weighted by Gasteiger charge is -2.13. The molecule has 13 heteroatoms. The van der Waals surface area contributed by atoms with E-state index in [-0.39, 0.29) is 39.4 Å². The van der Waals surface area contributed by atoms with Gasteiger partial charge in [-0.3, -0.25) is 0 Å². The number of anilines is 1. The molecule has 3 heterocycles. The third kappa shape index (κ3) is 5.10. The molecule has 4 rings (SSSR count). The van der Waals surface area contributed by atoms with Crippen molar-refractivity contribution in [1.29, 1.82) is 0 Å². The average Bonchev–Trinajstić information content (AvgIpc) is 3.45. The predicted octanol–water partition coefficient (Wildman–Crippen LogP) is 3.90. The molecule has 0 radical (unpaired) electrons. The molecule has 0 bridgehead atoms. The molecule has 1 aliphatic heterocycles. The minimum atomic E-state index is -4.92. The highest BCUT2D eigenvalue weighted by atomic mass is 32.2. The van der Waals surface area contributed by atoms with Crippen molar-refractivity contribution in [3.05, 3.63) is 30.3 Å². The van der Waals surface area contributed by atoms with Gasteiger partial charge in [-0.2, -0.15) is 0 Å². The molecule has 0 saturated carbocycles. The van der Waals surface area contributed by atoms with Crippen molar-refractivity contribution in [2.45, 2.75) is 41.2 Å². The number of rotatable bonds is 7. The standard InChI is InChI=1S/C20H20F3N3O5S2/c1-2-33(28,29)16-7-8-17(24-11-12-4-3-9-30-12)26-18(16)19-25-14-10-13(5-6-15(14)31-19)32(27)20(21,22)23/h5-8,10,12H,2-4,9,11H2,1H3,(H,24,26). The number of nitrogens with one attached hydrogen (secondary N) is 1. The minimum absolute atomic E-state index is 0.000496. The van der Waals surface area contributed by atoms with E-state index in [4.69, 9.17) is 9.15 Å². The van der Waals surface area contributed by atoms with Gasteiger partial charge in [-0.15, -0.1) is 13.2 Å². The van der Waals surface area contributed by atoms with E-state index in [1.165, 1.54) is 25.1 Å². The SMILES string of the molecule is CCS(=O)(=O)c1ccc(NCC2CCCO2)nc1-c1nc2cc([S+]([O-])C(F)(F)F)ccc2o1. The largest absolute Gasteiger partial charge is 0.604 e. The summed E-state index contributed by atoms with van der Waals surface area (Å²) < 4.78 is 86.5. The summed E-state index contributed by atoms with van der Waals surface area (Å²) in [7, 11) is -3.72. The molecule has 0 spiro atoms. The van der Waals surface area contributed by atoms with E-state index in [1.807, 2.05) is 0 Å². The first-order chi connectivity index (χ1) is 15.6. The third-order valence-corrected chi connectivity index (χ3v) is 7.96. The number of ether oxygens (including phenoxy) is 1. The number of halogens is 3. The van der Waals surface area contributed by atoms with Crippen molar-refractivity contribution in [2.24, 2.45) is 0 Å². The summed E-state index contributed by atoms with van der Waals surface area (Å²) >= 11 is -3.23. The van der Waals surface area contributed by atoms with Crippen LogP contribution < -0.4 is 5.32 Å². The molecule has 1 aliphatic rings. The molecule has 2 unspecified atom stereocenters. The van der Waals surface area contributed by atoms with Crippen LogP contribution in [0.3, 0.4) is 0 Å². The molecule has 178 valence electrons. The van der Waals surface area contributed by atoms with Crippen molar-refractivity contribution < 1.29 is 35.3 Å². The van der Waals surface area contributed by atoms with E-state index >= 15 is 0 Å². The predicted molar refractivity (Wildman–Crippen MR) is 115 cm³/mol. The monoisotopic (exact) mass is 503 g/mol. The van der Waals surface area contributed by atoms with Crippen molar-refractivity contribution in [1.82, 2.24) is 9.97 Å². The highest BCUT2D eigenvalue weighted by Gasteiger charge is 2.46. The summed E-state index contributed by atoms with van der Waals surface area (Å²) in [4.78, 5) is 7.91. The molecule has 0 aliphatic carbocycles. The van der Waals surface area contributed by atoms with Crippen LogP contribution in [-0.2, 0) is 25.7 Å².